The molecule has 1 aliphatic rings. The maximum Gasteiger partial charge on any atom is 0.335 e. The lowest BCUT2D eigenvalue weighted by atomic mass is 10.0. The van der Waals surface area contributed by atoms with Gasteiger partial charge in [-0.3, -0.25) is 4.79 Å². The highest BCUT2D eigenvalue weighted by Crippen LogP contribution is 2.14. The molecule has 29 heavy (non-hydrogen) atoms. The van der Waals surface area contributed by atoms with Crippen LogP contribution in [-0.2, 0) is 23.8 Å². The molecule has 2 atom stereocenters. The van der Waals surface area contributed by atoms with Crippen LogP contribution in [0.1, 0.15) is 117 Å². The van der Waals surface area contributed by atoms with E-state index in [0.29, 0.717) is 13.0 Å². The van der Waals surface area contributed by atoms with Gasteiger partial charge in [0.15, 0.2) is 12.2 Å². The molecule has 0 N–H and O–H groups in total. The number of hydrogen-bond donors (Lipinski definition) is 0. The lowest BCUT2D eigenvalue weighted by Crippen LogP contribution is -2.41. The van der Waals surface area contributed by atoms with Gasteiger partial charge in [0.25, 0.3) is 0 Å². The fourth-order valence-corrected chi connectivity index (χ4v) is 3.59. The van der Waals surface area contributed by atoms with Crippen molar-refractivity contribution in [3.8, 4) is 0 Å². The van der Waals surface area contributed by atoms with Crippen molar-refractivity contribution < 1.29 is 23.8 Å². The van der Waals surface area contributed by atoms with Crippen LogP contribution in [0.15, 0.2) is 0 Å². The van der Waals surface area contributed by atoms with Crippen molar-refractivity contribution in [1.29, 1.82) is 0 Å². The smallest absolute Gasteiger partial charge is 0.335 e. The number of rotatable bonds is 18. The number of unbranched alkanes of at least 4 members (excludes halogenated alkanes) is 14. The Bertz CT molecular complexity index is 423. The number of carbonyl (C=O) groups is 2. The Hall–Kier alpha value is -1.10. The number of hydrogen-bond acceptors (Lipinski definition) is 5. The monoisotopic (exact) mass is 412 g/mol. The van der Waals surface area contributed by atoms with Gasteiger partial charge in [-0.1, -0.05) is 96.8 Å². The average Bonchev–Trinajstić information content (AvgIpc) is 2.71. The summed E-state index contributed by atoms with van der Waals surface area (Å²) in [6.07, 6.45) is 19.1. The molecule has 1 saturated heterocycles. The van der Waals surface area contributed by atoms with Gasteiger partial charge in [0, 0.05) is 6.42 Å². The summed E-state index contributed by atoms with van der Waals surface area (Å²) in [7, 11) is 0. The Kier molecular flexibility index (Phi) is 15.9. The van der Waals surface area contributed by atoms with Crippen LogP contribution >= 0.6 is 0 Å². The third-order valence-corrected chi connectivity index (χ3v) is 5.56. The van der Waals surface area contributed by atoms with Crippen LogP contribution in [0, 0.1) is 0 Å². The minimum Gasteiger partial charge on any atom is -0.462 e. The van der Waals surface area contributed by atoms with E-state index in [1.54, 1.807) is 6.92 Å². The summed E-state index contributed by atoms with van der Waals surface area (Å²) >= 11 is 0. The van der Waals surface area contributed by atoms with Gasteiger partial charge in [-0.25, -0.2) is 4.79 Å². The summed E-state index contributed by atoms with van der Waals surface area (Å²) in [4.78, 5) is 23.2. The van der Waals surface area contributed by atoms with E-state index in [4.69, 9.17) is 14.2 Å². The van der Waals surface area contributed by atoms with Gasteiger partial charge in [-0.15, -0.1) is 0 Å². The van der Waals surface area contributed by atoms with E-state index in [1.807, 2.05) is 0 Å². The zero-order valence-corrected chi connectivity index (χ0v) is 18.9. The molecular weight excluding hydrogens is 368 g/mol. The molecule has 0 saturated carbocycles. The zero-order valence-electron chi connectivity index (χ0n) is 18.9. The van der Waals surface area contributed by atoms with Crippen LogP contribution in [0.4, 0.5) is 0 Å². The second kappa shape index (κ2) is 17.7. The summed E-state index contributed by atoms with van der Waals surface area (Å²) in [5.74, 6) is -0.603. The average molecular weight is 413 g/mol. The van der Waals surface area contributed by atoms with Gasteiger partial charge in [0.2, 0.25) is 0 Å². The maximum atomic E-state index is 11.8. The molecule has 170 valence electrons. The Morgan fingerprint density at radius 1 is 0.862 bits per heavy atom. The fourth-order valence-electron chi connectivity index (χ4n) is 3.59. The Balaban J connectivity index is 1.79. The fraction of sp³-hybridized carbons (Fsp3) is 0.917. The van der Waals surface area contributed by atoms with E-state index >= 15 is 0 Å². The molecule has 1 aliphatic heterocycles. The third-order valence-electron chi connectivity index (χ3n) is 5.56. The lowest BCUT2D eigenvalue weighted by Gasteiger charge is -2.26. The molecule has 0 amide bonds. The van der Waals surface area contributed by atoms with E-state index in [9.17, 15) is 9.59 Å². The Labute approximate surface area is 178 Å². The first-order valence-corrected chi connectivity index (χ1v) is 12.1. The topological polar surface area (TPSA) is 61.8 Å². The second-order valence-corrected chi connectivity index (χ2v) is 8.42. The highest BCUT2D eigenvalue weighted by Gasteiger charge is 2.28. The molecule has 0 radical (unpaired) electrons. The van der Waals surface area contributed by atoms with E-state index in [0.717, 1.165) is 12.8 Å². The zero-order chi connectivity index (χ0) is 21.2. The minimum atomic E-state index is -0.526. The van der Waals surface area contributed by atoms with Crippen molar-refractivity contribution in [2.75, 3.05) is 13.2 Å². The first-order chi connectivity index (χ1) is 14.1. The van der Waals surface area contributed by atoms with Crippen LogP contribution in [0.25, 0.3) is 0 Å². The van der Waals surface area contributed by atoms with Gasteiger partial charge >= 0.3 is 11.9 Å². The van der Waals surface area contributed by atoms with Crippen molar-refractivity contribution in [2.24, 2.45) is 0 Å². The standard InChI is InChI=1S/C24H44O5/c1-3-4-5-6-7-8-9-10-11-12-13-14-15-16-17-18-23(25)28-20-22-19-27-21(2)24(26)29-22/h21-22H,3-20H2,1-2H3. The van der Waals surface area contributed by atoms with Crippen LogP contribution in [0.2, 0.25) is 0 Å². The van der Waals surface area contributed by atoms with Crippen LogP contribution < -0.4 is 0 Å². The summed E-state index contributed by atoms with van der Waals surface area (Å²) in [5, 5.41) is 0. The minimum absolute atomic E-state index is 0.0933. The molecule has 0 aromatic heterocycles. The number of cyclic esters (lactones) is 1. The molecule has 0 aliphatic carbocycles. The van der Waals surface area contributed by atoms with Crippen molar-refractivity contribution in [3.63, 3.8) is 0 Å². The van der Waals surface area contributed by atoms with Crippen molar-refractivity contribution in [1.82, 2.24) is 0 Å². The normalized spacial score (nSPS) is 19.2. The Morgan fingerprint density at radius 3 is 1.83 bits per heavy atom. The SMILES string of the molecule is CCCCCCCCCCCCCCCCCC(=O)OCC1COC(C)C(=O)O1. The van der Waals surface area contributed by atoms with Crippen LogP contribution in [0.3, 0.4) is 0 Å². The molecular formula is C24H44O5. The van der Waals surface area contributed by atoms with Gasteiger partial charge in [0.05, 0.1) is 6.61 Å². The third kappa shape index (κ3) is 14.5. The summed E-state index contributed by atoms with van der Waals surface area (Å²) < 4.78 is 15.6. The molecule has 1 heterocycles. The van der Waals surface area contributed by atoms with E-state index in [1.165, 1.54) is 83.5 Å². The van der Waals surface area contributed by atoms with Crippen LogP contribution in [-0.4, -0.2) is 37.4 Å². The van der Waals surface area contributed by atoms with Gasteiger partial charge in [-0.2, -0.15) is 0 Å². The highest BCUT2D eigenvalue weighted by molar-refractivity contribution is 5.75. The molecule has 1 fully saturated rings. The number of esters is 2. The quantitative estimate of drug-likeness (QED) is 0.200. The van der Waals surface area contributed by atoms with E-state index in [-0.39, 0.29) is 18.5 Å². The molecule has 5 nitrogen and oxygen atoms in total. The summed E-state index contributed by atoms with van der Waals surface area (Å²) in [6.45, 7) is 4.31. The largest absolute Gasteiger partial charge is 0.462 e. The lowest BCUT2D eigenvalue weighted by molar-refractivity contribution is -0.188. The molecule has 0 aromatic rings. The van der Waals surface area contributed by atoms with E-state index in [2.05, 4.69) is 6.92 Å². The second-order valence-electron chi connectivity index (χ2n) is 8.42. The van der Waals surface area contributed by atoms with Crippen molar-refractivity contribution in [2.45, 2.75) is 129 Å². The summed E-state index contributed by atoms with van der Waals surface area (Å²) in [5.41, 5.74) is 0. The van der Waals surface area contributed by atoms with Crippen molar-refractivity contribution in [3.05, 3.63) is 0 Å². The van der Waals surface area contributed by atoms with Gasteiger partial charge in [-0.05, 0) is 13.3 Å². The predicted octanol–water partition coefficient (Wildman–Crippen LogP) is 6.12. The summed E-state index contributed by atoms with van der Waals surface area (Å²) in [6, 6.07) is 0. The molecule has 2 unspecified atom stereocenters. The van der Waals surface area contributed by atoms with Gasteiger partial charge < -0.3 is 14.2 Å². The molecule has 5 heteroatoms. The molecule has 0 aromatic carbocycles. The molecule has 0 spiro atoms. The first kappa shape index (κ1) is 25.9. The first-order valence-electron chi connectivity index (χ1n) is 12.1. The Morgan fingerprint density at radius 2 is 1.34 bits per heavy atom. The van der Waals surface area contributed by atoms with Crippen LogP contribution in [0.5, 0.6) is 0 Å². The van der Waals surface area contributed by atoms with Crippen molar-refractivity contribution >= 4 is 11.9 Å². The molecule has 0 bridgehead atoms. The maximum absolute atomic E-state index is 11.8. The van der Waals surface area contributed by atoms with Gasteiger partial charge in [0.1, 0.15) is 6.61 Å². The number of carbonyl (C=O) groups excluding carboxylic acids is 2. The van der Waals surface area contributed by atoms with E-state index < -0.39 is 12.2 Å². The molecule has 1 rings (SSSR count). The number of ether oxygens (including phenoxy) is 3. The predicted molar refractivity (Wildman–Crippen MR) is 116 cm³/mol. The highest BCUT2D eigenvalue weighted by atomic mass is 16.6.